The quantitative estimate of drug-likeness (QED) is 0.811. The number of aromatic hydroxyl groups is 1. The summed E-state index contributed by atoms with van der Waals surface area (Å²) in [4.78, 5) is 12.4. The SMILES string of the molecule is CCS(=O)(=O)c1ccc(O)c(NC(=O)[C@H](C)n2nccc2C)c1. The van der Waals surface area contributed by atoms with Crippen molar-refractivity contribution in [1.82, 2.24) is 9.78 Å². The molecule has 1 atom stereocenters. The Balaban J connectivity index is 2.28. The Labute approximate surface area is 134 Å². The molecule has 2 N–H and O–H groups in total. The molecule has 0 aliphatic heterocycles. The first kappa shape index (κ1) is 17.0. The van der Waals surface area contributed by atoms with Crippen molar-refractivity contribution in [3.63, 3.8) is 0 Å². The summed E-state index contributed by atoms with van der Waals surface area (Å²) in [5.74, 6) is -0.662. The number of rotatable bonds is 5. The minimum atomic E-state index is -3.42. The third-order valence-corrected chi connectivity index (χ3v) is 5.31. The van der Waals surface area contributed by atoms with Gasteiger partial charge in [-0.1, -0.05) is 6.92 Å². The summed E-state index contributed by atoms with van der Waals surface area (Å²) in [6, 6.07) is 4.99. The first-order chi connectivity index (χ1) is 10.8. The van der Waals surface area contributed by atoms with Crippen molar-refractivity contribution >= 4 is 21.4 Å². The smallest absolute Gasteiger partial charge is 0.249 e. The molecule has 0 spiro atoms. The Morgan fingerprint density at radius 1 is 1.39 bits per heavy atom. The molecule has 1 amide bonds. The monoisotopic (exact) mass is 337 g/mol. The van der Waals surface area contributed by atoms with E-state index in [2.05, 4.69) is 10.4 Å². The van der Waals surface area contributed by atoms with Crippen LogP contribution in [0.1, 0.15) is 25.6 Å². The van der Waals surface area contributed by atoms with Crippen LogP contribution < -0.4 is 5.32 Å². The van der Waals surface area contributed by atoms with Crippen molar-refractivity contribution in [2.24, 2.45) is 0 Å². The number of phenolic OH excluding ortho intramolecular Hbond substituents is 1. The van der Waals surface area contributed by atoms with E-state index >= 15 is 0 Å². The molecule has 1 heterocycles. The summed E-state index contributed by atoms with van der Waals surface area (Å²) in [7, 11) is -3.42. The number of hydrogen-bond acceptors (Lipinski definition) is 5. The van der Waals surface area contributed by atoms with Crippen LogP contribution >= 0.6 is 0 Å². The van der Waals surface area contributed by atoms with Crippen molar-refractivity contribution in [3.05, 3.63) is 36.2 Å². The maximum atomic E-state index is 12.3. The van der Waals surface area contributed by atoms with Crippen LogP contribution in [0.15, 0.2) is 35.4 Å². The highest BCUT2D eigenvalue weighted by atomic mass is 32.2. The average molecular weight is 337 g/mol. The zero-order valence-corrected chi connectivity index (χ0v) is 14.0. The Morgan fingerprint density at radius 2 is 2.09 bits per heavy atom. The Kier molecular flexibility index (Phi) is 4.74. The number of carbonyl (C=O) groups is 1. The third-order valence-electron chi connectivity index (χ3n) is 3.58. The van der Waals surface area contributed by atoms with Gasteiger partial charge in [-0.05, 0) is 38.1 Å². The number of phenols is 1. The summed E-state index contributed by atoms with van der Waals surface area (Å²) in [5.41, 5.74) is 0.875. The Hall–Kier alpha value is -2.35. The fraction of sp³-hybridized carbons (Fsp3) is 0.333. The van der Waals surface area contributed by atoms with E-state index in [0.717, 1.165) is 5.69 Å². The second-order valence-electron chi connectivity index (χ2n) is 5.16. The van der Waals surface area contributed by atoms with Crippen LogP contribution in [0.2, 0.25) is 0 Å². The van der Waals surface area contributed by atoms with Gasteiger partial charge >= 0.3 is 0 Å². The highest BCUT2D eigenvalue weighted by Crippen LogP contribution is 2.27. The molecule has 23 heavy (non-hydrogen) atoms. The van der Waals surface area contributed by atoms with Crippen molar-refractivity contribution in [1.29, 1.82) is 0 Å². The van der Waals surface area contributed by atoms with Gasteiger partial charge in [0.2, 0.25) is 5.91 Å². The lowest BCUT2D eigenvalue weighted by Crippen LogP contribution is -2.25. The maximum Gasteiger partial charge on any atom is 0.249 e. The van der Waals surface area contributed by atoms with Crippen molar-refractivity contribution < 1.29 is 18.3 Å². The summed E-state index contributed by atoms with van der Waals surface area (Å²) in [5, 5.41) is 16.5. The molecular weight excluding hydrogens is 318 g/mol. The van der Waals surface area contributed by atoms with Crippen LogP contribution in [0, 0.1) is 6.92 Å². The van der Waals surface area contributed by atoms with Gasteiger partial charge in [0.1, 0.15) is 11.8 Å². The lowest BCUT2D eigenvalue weighted by molar-refractivity contribution is -0.119. The van der Waals surface area contributed by atoms with E-state index in [4.69, 9.17) is 0 Å². The molecule has 1 aromatic heterocycles. The standard InChI is InChI=1S/C15H19N3O4S/c1-4-23(21,22)12-5-6-14(19)13(9-12)17-15(20)11(3)18-10(2)7-8-16-18/h5-9,11,19H,4H2,1-3H3,(H,17,20)/t11-/m0/s1. The minimum absolute atomic E-state index is 0.0519. The fourth-order valence-corrected chi connectivity index (χ4v) is 3.02. The molecule has 0 saturated heterocycles. The fourth-order valence-electron chi connectivity index (χ4n) is 2.11. The first-order valence-corrected chi connectivity index (χ1v) is 8.78. The molecular formula is C15H19N3O4S. The number of aromatic nitrogens is 2. The molecule has 0 aliphatic carbocycles. The van der Waals surface area contributed by atoms with E-state index in [-0.39, 0.29) is 22.1 Å². The van der Waals surface area contributed by atoms with E-state index < -0.39 is 21.8 Å². The van der Waals surface area contributed by atoms with E-state index in [9.17, 15) is 18.3 Å². The molecule has 0 radical (unpaired) electrons. The van der Waals surface area contributed by atoms with Crippen molar-refractivity contribution in [2.45, 2.75) is 31.7 Å². The summed E-state index contributed by atoms with van der Waals surface area (Å²) in [6.45, 7) is 5.02. The van der Waals surface area contributed by atoms with E-state index in [1.807, 2.05) is 6.92 Å². The lowest BCUT2D eigenvalue weighted by Gasteiger charge is -2.15. The number of sulfone groups is 1. The molecule has 2 aromatic rings. The normalized spacial score (nSPS) is 12.8. The number of anilines is 1. The summed E-state index contributed by atoms with van der Waals surface area (Å²) < 4.78 is 25.4. The van der Waals surface area contributed by atoms with E-state index in [1.54, 1.807) is 23.9 Å². The van der Waals surface area contributed by atoms with Crippen LogP contribution in [-0.2, 0) is 14.6 Å². The van der Waals surface area contributed by atoms with Crippen LogP contribution in [0.4, 0.5) is 5.69 Å². The van der Waals surface area contributed by atoms with Gasteiger partial charge < -0.3 is 10.4 Å². The lowest BCUT2D eigenvalue weighted by atomic mass is 10.2. The molecule has 0 saturated carbocycles. The van der Waals surface area contributed by atoms with Gasteiger partial charge in [-0.15, -0.1) is 0 Å². The van der Waals surface area contributed by atoms with Crippen LogP contribution in [-0.4, -0.2) is 35.0 Å². The number of amides is 1. The zero-order valence-electron chi connectivity index (χ0n) is 13.1. The van der Waals surface area contributed by atoms with Gasteiger partial charge in [-0.2, -0.15) is 5.10 Å². The molecule has 7 nitrogen and oxygen atoms in total. The molecule has 0 unspecified atom stereocenters. The molecule has 8 heteroatoms. The number of nitrogens with one attached hydrogen (secondary N) is 1. The third kappa shape index (κ3) is 3.53. The minimum Gasteiger partial charge on any atom is -0.506 e. The highest BCUT2D eigenvalue weighted by Gasteiger charge is 2.20. The van der Waals surface area contributed by atoms with Gasteiger partial charge in [-0.3, -0.25) is 9.48 Å². The molecule has 0 aliphatic rings. The van der Waals surface area contributed by atoms with Crippen molar-refractivity contribution in [2.75, 3.05) is 11.1 Å². The van der Waals surface area contributed by atoms with Gasteiger partial charge in [0.15, 0.2) is 9.84 Å². The van der Waals surface area contributed by atoms with E-state index in [0.29, 0.717) is 0 Å². The van der Waals surface area contributed by atoms with Crippen LogP contribution in [0.25, 0.3) is 0 Å². The highest BCUT2D eigenvalue weighted by molar-refractivity contribution is 7.91. The maximum absolute atomic E-state index is 12.3. The Bertz CT molecular complexity index is 827. The predicted molar refractivity (Wildman–Crippen MR) is 86.1 cm³/mol. The predicted octanol–water partition coefficient (Wildman–Crippen LogP) is 1.89. The molecule has 0 bridgehead atoms. The second kappa shape index (κ2) is 6.41. The largest absolute Gasteiger partial charge is 0.506 e. The van der Waals surface area contributed by atoms with Gasteiger partial charge in [-0.25, -0.2) is 8.42 Å². The van der Waals surface area contributed by atoms with Gasteiger partial charge in [0, 0.05) is 11.9 Å². The topological polar surface area (TPSA) is 101 Å². The van der Waals surface area contributed by atoms with Gasteiger partial charge in [0.25, 0.3) is 0 Å². The molecule has 2 rings (SSSR count). The van der Waals surface area contributed by atoms with Crippen LogP contribution in [0.3, 0.4) is 0 Å². The Morgan fingerprint density at radius 3 is 2.65 bits per heavy atom. The van der Waals surface area contributed by atoms with E-state index in [1.165, 1.54) is 25.1 Å². The molecule has 1 aromatic carbocycles. The average Bonchev–Trinajstić information content (AvgIpc) is 2.94. The summed E-state index contributed by atoms with van der Waals surface area (Å²) >= 11 is 0. The molecule has 124 valence electrons. The number of benzene rings is 1. The summed E-state index contributed by atoms with van der Waals surface area (Å²) in [6.07, 6.45) is 1.59. The molecule has 0 fully saturated rings. The number of nitrogens with zero attached hydrogens (tertiary/aromatic N) is 2. The second-order valence-corrected chi connectivity index (χ2v) is 7.44. The number of aryl methyl sites for hydroxylation is 1. The van der Waals surface area contributed by atoms with Gasteiger partial charge in [0.05, 0.1) is 16.3 Å². The zero-order chi connectivity index (χ0) is 17.2. The van der Waals surface area contributed by atoms with Crippen LogP contribution in [0.5, 0.6) is 5.75 Å². The first-order valence-electron chi connectivity index (χ1n) is 7.13. The number of hydrogen-bond donors (Lipinski definition) is 2. The van der Waals surface area contributed by atoms with Crippen molar-refractivity contribution in [3.8, 4) is 5.75 Å². The number of carbonyl (C=O) groups excluding carboxylic acids is 1.